The first kappa shape index (κ1) is 15.2. The minimum atomic E-state index is 0.659. The van der Waals surface area contributed by atoms with Crippen molar-refractivity contribution in [1.82, 2.24) is 5.32 Å². The van der Waals surface area contributed by atoms with Crippen molar-refractivity contribution in [2.75, 3.05) is 26.4 Å². The van der Waals surface area contributed by atoms with E-state index in [1.165, 1.54) is 17.5 Å². The first-order valence-electron chi connectivity index (χ1n) is 6.80. The van der Waals surface area contributed by atoms with Gasteiger partial charge in [-0.25, -0.2) is 0 Å². The van der Waals surface area contributed by atoms with Gasteiger partial charge in [-0.2, -0.15) is 0 Å². The molecule has 1 N–H and O–H groups in total. The molecule has 1 rings (SSSR count). The van der Waals surface area contributed by atoms with Gasteiger partial charge < -0.3 is 14.8 Å². The van der Waals surface area contributed by atoms with Gasteiger partial charge in [0.25, 0.3) is 0 Å². The summed E-state index contributed by atoms with van der Waals surface area (Å²) in [7, 11) is 0. The van der Waals surface area contributed by atoms with E-state index >= 15 is 0 Å². The Morgan fingerprint density at radius 2 is 1.83 bits per heavy atom. The van der Waals surface area contributed by atoms with Crippen LogP contribution in [0.15, 0.2) is 24.3 Å². The maximum atomic E-state index is 5.56. The van der Waals surface area contributed by atoms with Crippen LogP contribution in [-0.4, -0.2) is 26.4 Å². The molecule has 0 aliphatic rings. The quantitative estimate of drug-likeness (QED) is 0.649. The average Bonchev–Trinajstić information content (AvgIpc) is 2.39. The molecule has 3 heteroatoms. The second-order valence-corrected chi connectivity index (χ2v) is 4.25. The largest absolute Gasteiger partial charge is 0.379 e. The summed E-state index contributed by atoms with van der Waals surface area (Å²) in [5.74, 6) is 0. The van der Waals surface area contributed by atoms with Crippen molar-refractivity contribution >= 4 is 0 Å². The summed E-state index contributed by atoms with van der Waals surface area (Å²) in [6.45, 7) is 8.91. The molecule has 0 atom stereocenters. The van der Waals surface area contributed by atoms with E-state index in [0.717, 1.165) is 19.7 Å². The molecule has 0 saturated heterocycles. The third kappa shape index (κ3) is 6.74. The van der Waals surface area contributed by atoms with Crippen LogP contribution >= 0.6 is 0 Å². The maximum Gasteiger partial charge on any atom is 0.0718 e. The molecule has 0 heterocycles. The Morgan fingerprint density at radius 1 is 1.06 bits per heavy atom. The zero-order chi connectivity index (χ0) is 13.1. The lowest BCUT2D eigenvalue weighted by molar-refractivity contribution is 0.0453. The second kappa shape index (κ2) is 10.1. The summed E-state index contributed by atoms with van der Waals surface area (Å²) in [6.07, 6.45) is 1.17. The van der Waals surface area contributed by atoms with Crippen molar-refractivity contribution in [1.29, 1.82) is 0 Å². The van der Waals surface area contributed by atoms with Crippen LogP contribution in [0.3, 0.4) is 0 Å². The van der Waals surface area contributed by atoms with Crippen LogP contribution in [0.5, 0.6) is 0 Å². The van der Waals surface area contributed by atoms with Gasteiger partial charge in [-0.1, -0.05) is 31.2 Å². The first-order valence-corrected chi connectivity index (χ1v) is 6.80. The van der Waals surface area contributed by atoms with E-state index in [2.05, 4.69) is 36.5 Å². The van der Waals surface area contributed by atoms with E-state index in [-0.39, 0.29) is 0 Å². The molecule has 0 unspecified atom stereocenters. The fourth-order valence-electron chi connectivity index (χ4n) is 1.69. The SMILES string of the molecule is CCCNCc1cccc(COCCOCC)c1. The Bertz CT molecular complexity index is 315. The molecule has 1 aromatic rings. The molecule has 0 aromatic heterocycles. The van der Waals surface area contributed by atoms with Crippen LogP contribution in [-0.2, 0) is 22.6 Å². The highest BCUT2D eigenvalue weighted by Crippen LogP contribution is 2.06. The van der Waals surface area contributed by atoms with Crippen LogP contribution in [0.1, 0.15) is 31.4 Å². The maximum absolute atomic E-state index is 5.56. The van der Waals surface area contributed by atoms with Crippen LogP contribution < -0.4 is 5.32 Å². The zero-order valence-electron chi connectivity index (χ0n) is 11.6. The Labute approximate surface area is 110 Å². The van der Waals surface area contributed by atoms with Crippen LogP contribution in [0.2, 0.25) is 0 Å². The molecule has 102 valence electrons. The molecular formula is C15H25NO2. The van der Waals surface area contributed by atoms with E-state index in [4.69, 9.17) is 9.47 Å². The molecule has 0 aliphatic heterocycles. The minimum Gasteiger partial charge on any atom is -0.379 e. The topological polar surface area (TPSA) is 30.5 Å². The van der Waals surface area contributed by atoms with Crippen molar-refractivity contribution in [3.63, 3.8) is 0 Å². The summed E-state index contributed by atoms with van der Waals surface area (Å²) < 4.78 is 10.8. The van der Waals surface area contributed by atoms with E-state index in [9.17, 15) is 0 Å². The second-order valence-electron chi connectivity index (χ2n) is 4.25. The number of ether oxygens (including phenoxy) is 2. The predicted molar refractivity (Wildman–Crippen MR) is 74.6 cm³/mol. The highest BCUT2D eigenvalue weighted by atomic mass is 16.5. The van der Waals surface area contributed by atoms with E-state index in [1.54, 1.807) is 0 Å². The highest BCUT2D eigenvalue weighted by Gasteiger charge is 1.96. The van der Waals surface area contributed by atoms with Crippen LogP contribution in [0.25, 0.3) is 0 Å². The van der Waals surface area contributed by atoms with E-state index < -0.39 is 0 Å². The Hall–Kier alpha value is -0.900. The highest BCUT2D eigenvalue weighted by molar-refractivity contribution is 5.22. The van der Waals surface area contributed by atoms with Crippen LogP contribution in [0.4, 0.5) is 0 Å². The lowest BCUT2D eigenvalue weighted by Crippen LogP contribution is -2.13. The van der Waals surface area contributed by atoms with Gasteiger partial charge in [0.15, 0.2) is 0 Å². The predicted octanol–water partition coefficient (Wildman–Crippen LogP) is 2.74. The number of rotatable bonds is 10. The van der Waals surface area contributed by atoms with Gasteiger partial charge >= 0.3 is 0 Å². The monoisotopic (exact) mass is 251 g/mol. The Balaban J connectivity index is 2.26. The number of nitrogens with one attached hydrogen (secondary N) is 1. The Morgan fingerprint density at radius 3 is 2.61 bits per heavy atom. The average molecular weight is 251 g/mol. The molecule has 1 aromatic carbocycles. The van der Waals surface area contributed by atoms with Gasteiger partial charge in [-0.3, -0.25) is 0 Å². The molecule has 0 radical (unpaired) electrons. The molecule has 3 nitrogen and oxygen atoms in total. The van der Waals surface area contributed by atoms with Crippen molar-refractivity contribution in [2.45, 2.75) is 33.4 Å². The Kier molecular flexibility index (Phi) is 8.47. The van der Waals surface area contributed by atoms with Crippen molar-refractivity contribution in [3.8, 4) is 0 Å². The third-order valence-corrected chi connectivity index (χ3v) is 2.59. The first-order chi connectivity index (χ1) is 8.86. The molecule has 0 spiro atoms. The molecular weight excluding hydrogens is 226 g/mol. The number of benzene rings is 1. The standard InChI is InChI=1S/C15H25NO2/c1-3-8-16-12-14-6-5-7-15(11-14)13-18-10-9-17-4-2/h5-7,11,16H,3-4,8-10,12-13H2,1-2H3. The molecule has 0 aliphatic carbocycles. The van der Waals surface area contributed by atoms with Gasteiger partial charge in [0.05, 0.1) is 19.8 Å². The smallest absolute Gasteiger partial charge is 0.0718 e. The summed E-state index contributed by atoms with van der Waals surface area (Å²) in [4.78, 5) is 0. The molecule has 0 saturated carbocycles. The fraction of sp³-hybridized carbons (Fsp3) is 0.600. The fourth-order valence-corrected chi connectivity index (χ4v) is 1.69. The van der Waals surface area contributed by atoms with Crippen molar-refractivity contribution in [3.05, 3.63) is 35.4 Å². The summed E-state index contributed by atoms with van der Waals surface area (Å²) in [6, 6.07) is 8.53. The third-order valence-electron chi connectivity index (χ3n) is 2.59. The van der Waals surface area contributed by atoms with Gasteiger partial charge in [-0.15, -0.1) is 0 Å². The molecule has 0 amide bonds. The minimum absolute atomic E-state index is 0.659. The van der Waals surface area contributed by atoms with Crippen molar-refractivity contribution < 1.29 is 9.47 Å². The van der Waals surface area contributed by atoms with Gasteiger partial charge in [0, 0.05) is 13.2 Å². The van der Waals surface area contributed by atoms with Crippen molar-refractivity contribution in [2.24, 2.45) is 0 Å². The molecule has 18 heavy (non-hydrogen) atoms. The normalized spacial score (nSPS) is 10.8. The van der Waals surface area contributed by atoms with E-state index in [1.807, 2.05) is 6.92 Å². The van der Waals surface area contributed by atoms with Crippen LogP contribution in [0, 0.1) is 0 Å². The summed E-state index contributed by atoms with van der Waals surface area (Å²) in [5, 5.41) is 3.40. The summed E-state index contributed by atoms with van der Waals surface area (Å²) in [5.41, 5.74) is 2.54. The lowest BCUT2D eigenvalue weighted by atomic mass is 10.1. The number of hydrogen-bond donors (Lipinski definition) is 1. The van der Waals surface area contributed by atoms with Gasteiger partial charge in [0.2, 0.25) is 0 Å². The molecule has 0 fully saturated rings. The zero-order valence-corrected chi connectivity index (χ0v) is 11.6. The lowest BCUT2D eigenvalue weighted by Gasteiger charge is -2.07. The summed E-state index contributed by atoms with van der Waals surface area (Å²) >= 11 is 0. The van der Waals surface area contributed by atoms with Gasteiger partial charge in [0.1, 0.15) is 0 Å². The van der Waals surface area contributed by atoms with E-state index in [0.29, 0.717) is 19.8 Å². The van der Waals surface area contributed by atoms with Gasteiger partial charge in [-0.05, 0) is 31.0 Å². The number of hydrogen-bond acceptors (Lipinski definition) is 3. The molecule has 0 bridgehead atoms.